The Labute approximate surface area is 275 Å². The minimum absolute atomic E-state index is 0.851. The highest BCUT2D eigenvalue weighted by atomic mass is 15.1. The summed E-state index contributed by atoms with van der Waals surface area (Å²) >= 11 is 0. The van der Waals surface area contributed by atoms with Crippen LogP contribution in [-0.2, 0) is 0 Å². The highest BCUT2D eigenvalue weighted by Gasteiger charge is 2.20. The standard InChI is InChI=1S/C44H31N3/c1-6-16-32(17-7-1)39-30-31-40(33-18-8-2-9-19-33)44-43(39)45-41(34-20-10-3-11-21-34)42(46-44)35-26-28-38(29-27-35)47(36-22-12-4-13-23-36)37-24-14-5-15-25-37/h1-31H. The van der Waals surface area contributed by atoms with Crippen molar-refractivity contribution < 1.29 is 0 Å². The third-order valence-electron chi connectivity index (χ3n) is 8.47. The van der Waals surface area contributed by atoms with Gasteiger partial charge in [-0.25, -0.2) is 9.97 Å². The van der Waals surface area contributed by atoms with Gasteiger partial charge in [0.2, 0.25) is 0 Å². The molecule has 7 aromatic carbocycles. The predicted octanol–water partition coefficient (Wildman–Crippen LogP) is 11.8. The molecule has 0 aliphatic heterocycles. The fourth-order valence-corrected chi connectivity index (χ4v) is 6.21. The lowest BCUT2D eigenvalue weighted by atomic mass is 9.96. The van der Waals surface area contributed by atoms with Crippen LogP contribution in [-0.4, -0.2) is 9.97 Å². The van der Waals surface area contributed by atoms with E-state index in [1.165, 1.54) is 0 Å². The lowest BCUT2D eigenvalue weighted by Crippen LogP contribution is -2.09. The van der Waals surface area contributed by atoms with E-state index in [1.54, 1.807) is 0 Å². The molecule has 3 nitrogen and oxygen atoms in total. The molecule has 1 aromatic heterocycles. The van der Waals surface area contributed by atoms with Crippen LogP contribution in [0.2, 0.25) is 0 Å². The van der Waals surface area contributed by atoms with Crippen LogP contribution in [0.15, 0.2) is 188 Å². The van der Waals surface area contributed by atoms with Gasteiger partial charge < -0.3 is 4.90 Å². The lowest BCUT2D eigenvalue weighted by Gasteiger charge is -2.25. The summed E-state index contributed by atoms with van der Waals surface area (Å²) in [7, 11) is 0. The molecule has 0 aliphatic carbocycles. The Kier molecular flexibility index (Phi) is 7.54. The van der Waals surface area contributed by atoms with Crippen LogP contribution in [0.25, 0.3) is 55.8 Å². The molecule has 3 heteroatoms. The van der Waals surface area contributed by atoms with Crippen molar-refractivity contribution in [2.45, 2.75) is 0 Å². The monoisotopic (exact) mass is 601 g/mol. The first-order chi connectivity index (χ1) is 23.3. The van der Waals surface area contributed by atoms with Crippen molar-refractivity contribution >= 4 is 28.1 Å². The van der Waals surface area contributed by atoms with E-state index in [2.05, 4.69) is 163 Å². The Morgan fingerprint density at radius 2 is 0.596 bits per heavy atom. The molecular formula is C44H31N3. The van der Waals surface area contributed by atoms with Crippen molar-refractivity contribution in [3.8, 4) is 44.8 Å². The number of aromatic nitrogens is 2. The first-order valence-corrected chi connectivity index (χ1v) is 15.9. The maximum absolute atomic E-state index is 5.50. The number of hydrogen-bond acceptors (Lipinski definition) is 3. The summed E-state index contributed by atoms with van der Waals surface area (Å²) in [5.41, 5.74) is 13.1. The van der Waals surface area contributed by atoms with Gasteiger partial charge in [-0.15, -0.1) is 0 Å². The van der Waals surface area contributed by atoms with Crippen molar-refractivity contribution in [1.82, 2.24) is 9.97 Å². The van der Waals surface area contributed by atoms with Crippen LogP contribution in [0.5, 0.6) is 0 Å². The van der Waals surface area contributed by atoms with E-state index < -0.39 is 0 Å². The smallest absolute Gasteiger partial charge is 0.0979 e. The Morgan fingerprint density at radius 3 is 1.00 bits per heavy atom. The van der Waals surface area contributed by atoms with Gasteiger partial charge >= 0.3 is 0 Å². The number of para-hydroxylation sites is 2. The first kappa shape index (κ1) is 28.2. The summed E-state index contributed by atoms with van der Waals surface area (Å²) in [5, 5.41) is 0. The van der Waals surface area contributed by atoms with Crippen LogP contribution >= 0.6 is 0 Å². The third kappa shape index (κ3) is 5.56. The second kappa shape index (κ2) is 12.6. The lowest BCUT2D eigenvalue weighted by molar-refractivity contribution is 1.27. The molecule has 0 amide bonds. The summed E-state index contributed by atoms with van der Waals surface area (Å²) in [6.07, 6.45) is 0. The van der Waals surface area contributed by atoms with Gasteiger partial charge in [0, 0.05) is 39.3 Å². The quantitative estimate of drug-likeness (QED) is 0.182. The van der Waals surface area contributed by atoms with Gasteiger partial charge in [-0.05, 0) is 47.5 Å². The van der Waals surface area contributed by atoms with Crippen LogP contribution in [0.3, 0.4) is 0 Å². The van der Waals surface area contributed by atoms with Gasteiger partial charge in [0.1, 0.15) is 0 Å². The van der Waals surface area contributed by atoms with Crippen molar-refractivity contribution in [3.63, 3.8) is 0 Å². The molecule has 0 atom stereocenters. The van der Waals surface area contributed by atoms with Gasteiger partial charge in [0.25, 0.3) is 0 Å². The number of fused-ring (bicyclic) bond motifs is 1. The number of anilines is 3. The fourth-order valence-electron chi connectivity index (χ4n) is 6.21. The molecule has 8 rings (SSSR count). The van der Waals surface area contributed by atoms with Crippen molar-refractivity contribution in [2.75, 3.05) is 4.90 Å². The molecule has 8 aromatic rings. The summed E-state index contributed by atoms with van der Waals surface area (Å²) in [6, 6.07) is 65.3. The molecule has 0 N–H and O–H groups in total. The van der Waals surface area contributed by atoms with E-state index in [9.17, 15) is 0 Å². The molecule has 0 aliphatic rings. The molecule has 0 bridgehead atoms. The minimum atomic E-state index is 0.851. The average Bonchev–Trinajstić information content (AvgIpc) is 3.16. The van der Waals surface area contributed by atoms with Crippen LogP contribution in [0.1, 0.15) is 0 Å². The minimum Gasteiger partial charge on any atom is -0.311 e. The van der Waals surface area contributed by atoms with Crippen molar-refractivity contribution in [3.05, 3.63) is 188 Å². The van der Waals surface area contributed by atoms with Gasteiger partial charge in [0.05, 0.1) is 22.4 Å². The van der Waals surface area contributed by atoms with Crippen molar-refractivity contribution in [2.24, 2.45) is 0 Å². The topological polar surface area (TPSA) is 29.0 Å². The molecule has 1 heterocycles. The normalized spacial score (nSPS) is 11.0. The van der Waals surface area contributed by atoms with Crippen LogP contribution in [0.4, 0.5) is 17.1 Å². The second-order valence-corrected chi connectivity index (χ2v) is 11.4. The Morgan fingerprint density at radius 1 is 0.277 bits per heavy atom. The van der Waals surface area contributed by atoms with E-state index in [0.717, 1.165) is 72.9 Å². The Bertz CT molecular complexity index is 2210. The second-order valence-electron chi connectivity index (χ2n) is 11.4. The molecule has 0 unspecified atom stereocenters. The number of benzene rings is 7. The molecule has 0 saturated heterocycles. The van der Waals surface area contributed by atoms with Crippen molar-refractivity contribution in [1.29, 1.82) is 0 Å². The predicted molar refractivity (Wildman–Crippen MR) is 196 cm³/mol. The Hall–Kier alpha value is -6.32. The molecule has 0 saturated carbocycles. The summed E-state index contributed by atoms with van der Waals surface area (Å²) in [5.74, 6) is 0. The molecular weight excluding hydrogens is 571 g/mol. The highest BCUT2D eigenvalue weighted by Crippen LogP contribution is 2.40. The molecule has 0 radical (unpaired) electrons. The van der Waals surface area contributed by atoms with Gasteiger partial charge in [-0.2, -0.15) is 0 Å². The zero-order valence-corrected chi connectivity index (χ0v) is 25.7. The molecule has 0 spiro atoms. The highest BCUT2D eigenvalue weighted by molar-refractivity contribution is 6.03. The van der Waals surface area contributed by atoms with E-state index in [1.807, 2.05) is 30.3 Å². The molecule has 222 valence electrons. The van der Waals surface area contributed by atoms with E-state index in [0.29, 0.717) is 0 Å². The maximum atomic E-state index is 5.50. The van der Waals surface area contributed by atoms with Crippen LogP contribution in [0, 0.1) is 0 Å². The van der Waals surface area contributed by atoms with Gasteiger partial charge in [-0.1, -0.05) is 152 Å². The zero-order chi connectivity index (χ0) is 31.4. The van der Waals surface area contributed by atoms with E-state index in [4.69, 9.17) is 9.97 Å². The van der Waals surface area contributed by atoms with Gasteiger partial charge in [0.15, 0.2) is 0 Å². The van der Waals surface area contributed by atoms with Gasteiger partial charge in [-0.3, -0.25) is 0 Å². The number of nitrogens with zero attached hydrogens (tertiary/aromatic N) is 3. The number of rotatable bonds is 7. The summed E-state index contributed by atoms with van der Waals surface area (Å²) in [4.78, 5) is 13.2. The average molecular weight is 602 g/mol. The number of hydrogen-bond donors (Lipinski definition) is 0. The van der Waals surface area contributed by atoms with E-state index >= 15 is 0 Å². The zero-order valence-electron chi connectivity index (χ0n) is 25.7. The maximum Gasteiger partial charge on any atom is 0.0979 e. The third-order valence-corrected chi connectivity index (χ3v) is 8.47. The fraction of sp³-hybridized carbons (Fsp3) is 0. The summed E-state index contributed by atoms with van der Waals surface area (Å²) < 4.78 is 0. The van der Waals surface area contributed by atoms with Crippen LogP contribution < -0.4 is 4.90 Å². The molecule has 0 fully saturated rings. The molecule has 47 heavy (non-hydrogen) atoms. The summed E-state index contributed by atoms with van der Waals surface area (Å²) in [6.45, 7) is 0. The Balaban J connectivity index is 1.35. The van der Waals surface area contributed by atoms with E-state index in [-0.39, 0.29) is 0 Å². The SMILES string of the molecule is c1ccc(-c2nc3c(-c4ccccc4)ccc(-c4ccccc4)c3nc2-c2ccc(N(c3ccccc3)c3ccccc3)cc2)cc1. The first-order valence-electron chi connectivity index (χ1n) is 15.9. The largest absolute Gasteiger partial charge is 0.311 e.